The maximum Gasteiger partial charge on any atom is 0.261 e. The summed E-state index contributed by atoms with van der Waals surface area (Å²) in [6.07, 6.45) is -2.39. The van der Waals surface area contributed by atoms with E-state index in [0.717, 1.165) is 0 Å². The highest BCUT2D eigenvalue weighted by atomic mass is 19.3. The monoisotopic (exact) mass is 139 g/mol. The van der Waals surface area contributed by atoms with Crippen molar-refractivity contribution in [2.24, 2.45) is 5.73 Å². The maximum atomic E-state index is 11.3. The molecule has 0 unspecified atom stereocenters. The predicted octanol–water partition coefficient (Wildman–Crippen LogP) is 0.615. The van der Waals surface area contributed by atoms with Crippen LogP contribution in [0.3, 0.4) is 0 Å². The van der Waals surface area contributed by atoms with E-state index in [2.05, 4.69) is 4.74 Å². The van der Waals surface area contributed by atoms with E-state index < -0.39 is 13.0 Å². The van der Waals surface area contributed by atoms with Crippen molar-refractivity contribution in [1.29, 1.82) is 0 Å². The number of nitrogens with two attached hydrogens (primary N) is 1. The standard InChI is InChI=1S/C5H11F2NO/c1-4(8)2-9-3-5(6)7/h4-5H,2-3,8H2,1H3/t4-/m1/s1. The van der Waals surface area contributed by atoms with E-state index in [4.69, 9.17) is 5.73 Å². The van der Waals surface area contributed by atoms with Gasteiger partial charge in [0, 0.05) is 6.04 Å². The minimum absolute atomic E-state index is 0.163. The molecule has 2 nitrogen and oxygen atoms in total. The molecule has 4 heteroatoms. The van der Waals surface area contributed by atoms with Gasteiger partial charge >= 0.3 is 0 Å². The van der Waals surface area contributed by atoms with Crippen LogP contribution in [-0.4, -0.2) is 25.7 Å². The second-order valence-corrected chi connectivity index (χ2v) is 1.91. The Morgan fingerprint density at radius 1 is 1.44 bits per heavy atom. The number of hydrogen-bond acceptors (Lipinski definition) is 2. The summed E-state index contributed by atoms with van der Waals surface area (Å²) in [5, 5.41) is 0. The van der Waals surface area contributed by atoms with Crippen molar-refractivity contribution in [1.82, 2.24) is 0 Å². The van der Waals surface area contributed by atoms with Gasteiger partial charge in [0.25, 0.3) is 6.43 Å². The van der Waals surface area contributed by atoms with Crippen molar-refractivity contribution in [3.05, 3.63) is 0 Å². The molecule has 0 rings (SSSR count). The Labute approximate surface area is 53.0 Å². The van der Waals surface area contributed by atoms with E-state index in [1.54, 1.807) is 6.92 Å². The summed E-state index contributed by atoms with van der Waals surface area (Å²) in [7, 11) is 0. The first-order valence-corrected chi connectivity index (χ1v) is 2.74. The summed E-state index contributed by atoms with van der Waals surface area (Å²) in [6.45, 7) is 1.39. The van der Waals surface area contributed by atoms with Crippen molar-refractivity contribution in [3.63, 3.8) is 0 Å². The van der Waals surface area contributed by atoms with E-state index in [1.807, 2.05) is 0 Å². The highest BCUT2D eigenvalue weighted by Gasteiger charge is 2.01. The van der Waals surface area contributed by atoms with Gasteiger partial charge < -0.3 is 10.5 Å². The highest BCUT2D eigenvalue weighted by Crippen LogP contribution is 1.92. The summed E-state index contributed by atoms with van der Waals surface area (Å²) in [6, 6.07) is -0.163. The van der Waals surface area contributed by atoms with Gasteiger partial charge in [-0.15, -0.1) is 0 Å². The van der Waals surface area contributed by atoms with Gasteiger partial charge in [-0.25, -0.2) is 8.78 Å². The van der Waals surface area contributed by atoms with Crippen molar-refractivity contribution >= 4 is 0 Å². The zero-order chi connectivity index (χ0) is 7.28. The van der Waals surface area contributed by atoms with Crippen LogP contribution in [0.25, 0.3) is 0 Å². The first-order valence-electron chi connectivity index (χ1n) is 2.74. The molecule has 0 spiro atoms. The van der Waals surface area contributed by atoms with E-state index in [1.165, 1.54) is 0 Å². The molecule has 2 N–H and O–H groups in total. The zero-order valence-electron chi connectivity index (χ0n) is 5.31. The fraction of sp³-hybridized carbons (Fsp3) is 1.00. The number of alkyl halides is 2. The molecule has 0 saturated carbocycles. The Kier molecular flexibility index (Phi) is 4.53. The molecular weight excluding hydrogens is 128 g/mol. The lowest BCUT2D eigenvalue weighted by molar-refractivity contribution is 0.0141. The van der Waals surface area contributed by atoms with E-state index in [-0.39, 0.29) is 12.6 Å². The lowest BCUT2D eigenvalue weighted by atomic mass is 10.4. The second-order valence-electron chi connectivity index (χ2n) is 1.91. The number of rotatable bonds is 4. The van der Waals surface area contributed by atoms with Crippen LogP contribution in [0, 0.1) is 0 Å². The Hall–Kier alpha value is -0.220. The average Bonchev–Trinajstić information content (AvgIpc) is 1.63. The van der Waals surface area contributed by atoms with Gasteiger partial charge in [-0.1, -0.05) is 0 Å². The number of halogens is 2. The molecule has 0 radical (unpaired) electrons. The van der Waals surface area contributed by atoms with Crippen LogP contribution in [0.2, 0.25) is 0 Å². The van der Waals surface area contributed by atoms with Crippen LogP contribution in [0.15, 0.2) is 0 Å². The van der Waals surface area contributed by atoms with Gasteiger partial charge in [0.1, 0.15) is 6.61 Å². The average molecular weight is 139 g/mol. The van der Waals surface area contributed by atoms with Crippen LogP contribution < -0.4 is 5.73 Å². The minimum atomic E-state index is -2.39. The molecule has 0 aliphatic rings. The van der Waals surface area contributed by atoms with Crippen LogP contribution >= 0.6 is 0 Å². The molecule has 0 aromatic heterocycles. The number of hydrogen-bond donors (Lipinski definition) is 1. The topological polar surface area (TPSA) is 35.2 Å². The van der Waals surface area contributed by atoms with Gasteiger partial charge in [0.15, 0.2) is 0 Å². The Bertz CT molecular complexity index is 60.0. The third-order valence-electron chi connectivity index (χ3n) is 0.625. The molecular formula is C5H11F2NO. The summed E-state index contributed by atoms with van der Waals surface area (Å²) in [4.78, 5) is 0. The molecule has 0 aromatic carbocycles. The van der Waals surface area contributed by atoms with E-state index in [0.29, 0.717) is 0 Å². The molecule has 0 aliphatic heterocycles. The van der Waals surface area contributed by atoms with Crippen LogP contribution in [0.4, 0.5) is 8.78 Å². The first kappa shape index (κ1) is 8.78. The normalized spacial score (nSPS) is 14.3. The van der Waals surface area contributed by atoms with E-state index in [9.17, 15) is 8.78 Å². The maximum absolute atomic E-state index is 11.3. The van der Waals surface area contributed by atoms with Crippen molar-refractivity contribution in [2.45, 2.75) is 19.4 Å². The number of ether oxygens (including phenoxy) is 1. The third-order valence-corrected chi connectivity index (χ3v) is 0.625. The summed E-state index contributed by atoms with van der Waals surface area (Å²) in [5.41, 5.74) is 5.21. The molecule has 0 fully saturated rings. The Morgan fingerprint density at radius 2 is 2.00 bits per heavy atom. The van der Waals surface area contributed by atoms with Gasteiger partial charge in [0.2, 0.25) is 0 Å². The van der Waals surface area contributed by atoms with E-state index >= 15 is 0 Å². The molecule has 0 aliphatic carbocycles. The van der Waals surface area contributed by atoms with Crippen LogP contribution in [0.5, 0.6) is 0 Å². The summed E-state index contributed by atoms with van der Waals surface area (Å²) in [5.74, 6) is 0. The molecule has 56 valence electrons. The SMILES string of the molecule is C[C@@H](N)COCC(F)F. The molecule has 0 bridgehead atoms. The van der Waals surface area contributed by atoms with Gasteiger partial charge in [0.05, 0.1) is 6.61 Å². The molecule has 0 aromatic rings. The van der Waals surface area contributed by atoms with Gasteiger partial charge in [-0.2, -0.15) is 0 Å². The Balaban J connectivity index is 2.91. The predicted molar refractivity (Wildman–Crippen MR) is 30.5 cm³/mol. The molecule has 0 heterocycles. The summed E-state index contributed by atoms with van der Waals surface area (Å²) >= 11 is 0. The minimum Gasteiger partial charge on any atom is -0.374 e. The lowest BCUT2D eigenvalue weighted by Crippen LogP contribution is -2.23. The van der Waals surface area contributed by atoms with Gasteiger partial charge in [-0.3, -0.25) is 0 Å². The fourth-order valence-corrected chi connectivity index (χ4v) is 0.343. The second kappa shape index (κ2) is 4.64. The van der Waals surface area contributed by atoms with Gasteiger partial charge in [-0.05, 0) is 6.92 Å². The quantitative estimate of drug-likeness (QED) is 0.619. The van der Waals surface area contributed by atoms with Crippen molar-refractivity contribution in [2.75, 3.05) is 13.2 Å². The first-order chi connectivity index (χ1) is 4.13. The smallest absolute Gasteiger partial charge is 0.261 e. The summed E-state index contributed by atoms with van der Waals surface area (Å²) < 4.78 is 27.1. The van der Waals surface area contributed by atoms with Crippen molar-refractivity contribution < 1.29 is 13.5 Å². The molecule has 0 saturated heterocycles. The Morgan fingerprint density at radius 3 is 2.33 bits per heavy atom. The van der Waals surface area contributed by atoms with Crippen molar-refractivity contribution in [3.8, 4) is 0 Å². The molecule has 0 amide bonds. The zero-order valence-corrected chi connectivity index (χ0v) is 5.31. The fourth-order valence-electron chi connectivity index (χ4n) is 0.343. The highest BCUT2D eigenvalue weighted by molar-refractivity contribution is 4.48. The third kappa shape index (κ3) is 7.78. The lowest BCUT2D eigenvalue weighted by Gasteiger charge is -2.04. The molecule has 1 atom stereocenters. The largest absolute Gasteiger partial charge is 0.374 e. The molecule has 9 heavy (non-hydrogen) atoms. The van der Waals surface area contributed by atoms with Crippen LogP contribution in [0.1, 0.15) is 6.92 Å². The van der Waals surface area contributed by atoms with Crippen LogP contribution in [-0.2, 0) is 4.74 Å².